The molecule has 3 aromatic carbocycles. The quantitative estimate of drug-likeness (QED) is 0.234. The molecule has 6 nitrogen and oxygen atoms in total. The normalized spacial score (nSPS) is 10.8. The number of benzene rings is 3. The minimum absolute atomic E-state index is 0.0338. The Bertz CT molecular complexity index is 1210. The number of nitrogens with zero attached hydrogens (tertiary/aromatic N) is 1. The van der Waals surface area contributed by atoms with Gasteiger partial charge in [-0.25, -0.2) is 9.82 Å². The van der Waals surface area contributed by atoms with Crippen molar-refractivity contribution in [3.8, 4) is 5.75 Å². The van der Waals surface area contributed by atoms with Gasteiger partial charge in [0.05, 0.1) is 10.7 Å². The van der Waals surface area contributed by atoms with Crippen LogP contribution in [0, 0.1) is 5.82 Å². The topological polar surface area (TPSA) is 79.8 Å². The van der Waals surface area contributed by atoms with Crippen LogP contribution in [0.3, 0.4) is 0 Å². The Hall–Kier alpha value is -2.94. The molecule has 34 heavy (non-hydrogen) atoms. The van der Waals surface area contributed by atoms with Crippen LogP contribution in [0.1, 0.15) is 24.0 Å². The molecule has 0 aliphatic rings. The number of hydrogen-bond acceptors (Lipinski definition) is 4. The lowest BCUT2D eigenvalue weighted by Crippen LogP contribution is -2.20. The second kappa shape index (κ2) is 12.5. The van der Waals surface area contributed by atoms with Crippen LogP contribution >= 0.6 is 39.1 Å². The van der Waals surface area contributed by atoms with Gasteiger partial charge in [-0.15, -0.1) is 0 Å². The lowest BCUT2D eigenvalue weighted by molar-refractivity contribution is -0.124. The number of anilines is 1. The standard InChI is InChI=1S/C24H19BrCl2FN3O3/c25-20-11-15(1-8-22(20)34-14-16-2-3-17(26)12-21(16)27)13-29-31-24(33)10-9-23(32)30-19-6-4-18(28)5-7-19/h1-8,11-13H,9-10,14H2,(H,30,32)(H,31,33). The Labute approximate surface area is 214 Å². The molecule has 0 atom stereocenters. The summed E-state index contributed by atoms with van der Waals surface area (Å²) < 4.78 is 19.4. The number of carbonyl (C=O) groups excluding carboxylic acids is 2. The number of amides is 2. The first-order valence-corrected chi connectivity index (χ1v) is 11.6. The average Bonchev–Trinajstić information content (AvgIpc) is 2.80. The van der Waals surface area contributed by atoms with Gasteiger partial charge in [-0.2, -0.15) is 5.10 Å². The molecule has 3 rings (SSSR count). The van der Waals surface area contributed by atoms with Crippen LogP contribution in [0.5, 0.6) is 5.75 Å². The van der Waals surface area contributed by atoms with E-state index in [9.17, 15) is 14.0 Å². The molecule has 176 valence electrons. The fourth-order valence-corrected chi connectivity index (χ4v) is 3.70. The first kappa shape index (κ1) is 25.7. The van der Waals surface area contributed by atoms with E-state index in [-0.39, 0.29) is 25.4 Å². The molecule has 2 amide bonds. The van der Waals surface area contributed by atoms with Crippen LogP contribution in [0.15, 0.2) is 70.2 Å². The minimum atomic E-state index is -0.413. The molecule has 2 N–H and O–H groups in total. The van der Waals surface area contributed by atoms with Crippen molar-refractivity contribution in [2.75, 3.05) is 5.32 Å². The zero-order valence-electron chi connectivity index (χ0n) is 17.7. The van der Waals surface area contributed by atoms with Crippen LogP contribution in [-0.2, 0) is 16.2 Å². The Balaban J connectivity index is 1.44. The van der Waals surface area contributed by atoms with Gasteiger partial charge in [0.1, 0.15) is 18.2 Å². The zero-order valence-corrected chi connectivity index (χ0v) is 20.8. The maximum Gasteiger partial charge on any atom is 0.240 e. The SMILES string of the molecule is O=C(CCC(=O)Nc1ccc(F)cc1)NN=Cc1ccc(OCc2ccc(Cl)cc2Cl)c(Br)c1. The molecule has 0 aliphatic carbocycles. The van der Waals surface area contributed by atoms with Gasteiger partial charge in [-0.1, -0.05) is 29.3 Å². The van der Waals surface area contributed by atoms with Gasteiger partial charge in [0.2, 0.25) is 11.8 Å². The summed E-state index contributed by atoms with van der Waals surface area (Å²) in [6.07, 6.45) is 1.39. The number of rotatable bonds is 9. The molecule has 0 bridgehead atoms. The molecular weight excluding hydrogens is 548 g/mol. The molecule has 0 fully saturated rings. The summed E-state index contributed by atoms with van der Waals surface area (Å²) in [5, 5.41) is 7.58. The van der Waals surface area contributed by atoms with Crippen molar-refractivity contribution in [1.29, 1.82) is 0 Å². The number of ether oxygens (including phenoxy) is 1. The van der Waals surface area contributed by atoms with Crippen molar-refractivity contribution in [2.45, 2.75) is 19.4 Å². The molecule has 0 aliphatic heterocycles. The first-order chi connectivity index (χ1) is 16.3. The van der Waals surface area contributed by atoms with Gasteiger partial charge >= 0.3 is 0 Å². The highest BCUT2D eigenvalue weighted by Crippen LogP contribution is 2.28. The molecule has 0 radical (unpaired) electrons. The van der Waals surface area contributed by atoms with Crippen LogP contribution in [0.2, 0.25) is 10.0 Å². The third-order valence-corrected chi connectivity index (χ3v) is 5.67. The Morgan fingerprint density at radius 2 is 1.74 bits per heavy atom. The minimum Gasteiger partial charge on any atom is -0.488 e. The van der Waals surface area contributed by atoms with Crippen LogP contribution < -0.4 is 15.5 Å². The van der Waals surface area contributed by atoms with Crippen molar-refractivity contribution in [1.82, 2.24) is 5.43 Å². The van der Waals surface area contributed by atoms with Crippen molar-refractivity contribution < 1.29 is 18.7 Å². The Morgan fingerprint density at radius 1 is 1.00 bits per heavy atom. The number of carbonyl (C=O) groups is 2. The average molecular weight is 567 g/mol. The van der Waals surface area contributed by atoms with E-state index < -0.39 is 11.7 Å². The Morgan fingerprint density at radius 3 is 2.44 bits per heavy atom. The fourth-order valence-electron chi connectivity index (χ4n) is 2.73. The fraction of sp³-hybridized carbons (Fsp3) is 0.125. The van der Waals surface area contributed by atoms with Crippen molar-refractivity contribution in [2.24, 2.45) is 5.10 Å². The largest absolute Gasteiger partial charge is 0.488 e. The van der Waals surface area contributed by atoms with E-state index in [2.05, 4.69) is 31.8 Å². The lowest BCUT2D eigenvalue weighted by Gasteiger charge is -2.10. The van der Waals surface area contributed by atoms with Gasteiger partial charge in [0.25, 0.3) is 0 Å². The maximum absolute atomic E-state index is 12.9. The summed E-state index contributed by atoms with van der Waals surface area (Å²) in [5.41, 5.74) is 4.36. The van der Waals surface area contributed by atoms with Gasteiger partial charge < -0.3 is 10.1 Å². The summed E-state index contributed by atoms with van der Waals surface area (Å²) in [6, 6.07) is 15.9. The highest BCUT2D eigenvalue weighted by atomic mass is 79.9. The first-order valence-electron chi connectivity index (χ1n) is 10.0. The summed E-state index contributed by atoms with van der Waals surface area (Å²) in [5.74, 6) is -0.554. The van der Waals surface area contributed by atoms with Crippen LogP contribution in [0.4, 0.5) is 10.1 Å². The van der Waals surface area contributed by atoms with Crippen LogP contribution in [-0.4, -0.2) is 18.0 Å². The maximum atomic E-state index is 12.9. The van der Waals surface area contributed by atoms with E-state index in [4.69, 9.17) is 27.9 Å². The van der Waals surface area contributed by atoms with E-state index >= 15 is 0 Å². The molecule has 10 heteroatoms. The summed E-state index contributed by atoms with van der Waals surface area (Å²) in [7, 11) is 0. The molecule has 0 heterocycles. The molecule has 0 unspecified atom stereocenters. The number of hydrazone groups is 1. The zero-order chi connectivity index (χ0) is 24.5. The van der Waals surface area contributed by atoms with Gasteiger partial charge in [-0.3, -0.25) is 9.59 Å². The highest BCUT2D eigenvalue weighted by molar-refractivity contribution is 9.10. The number of nitrogens with one attached hydrogen (secondary N) is 2. The molecule has 0 saturated heterocycles. The Kier molecular flexibility index (Phi) is 9.44. The molecule has 3 aromatic rings. The second-order valence-corrected chi connectivity index (χ2v) is 8.76. The molecular formula is C24H19BrCl2FN3O3. The molecule has 0 saturated carbocycles. The van der Waals surface area contributed by atoms with Crippen LogP contribution in [0.25, 0.3) is 0 Å². The predicted molar refractivity (Wildman–Crippen MR) is 135 cm³/mol. The van der Waals surface area contributed by atoms with E-state index in [1.807, 2.05) is 0 Å². The molecule has 0 spiro atoms. The third kappa shape index (κ3) is 8.13. The van der Waals surface area contributed by atoms with Crippen molar-refractivity contribution in [3.05, 3.63) is 92.1 Å². The number of halogens is 4. The molecule has 0 aromatic heterocycles. The summed E-state index contributed by atoms with van der Waals surface area (Å²) in [4.78, 5) is 23.8. The van der Waals surface area contributed by atoms with E-state index in [0.29, 0.717) is 26.0 Å². The monoisotopic (exact) mass is 565 g/mol. The summed E-state index contributed by atoms with van der Waals surface area (Å²) >= 11 is 15.5. The smallest absolute Gasteiger partial charge is 0.240 e. The van der Waals surface area contributed by atoms with E-state index in [1.54, 1.807) is 36.4 Å². The predicted octanol–water partition coefficient (Wildman–Crippen LogP) is 6.34. The number of hydrogen-bond donors (Lipinski definition) is 2. The highest BCUT2D eigenvalue weighted by Gasteiger charge is 2.08. The van der Waals surface area contributed by atoms with E-state index in [0.717, 1.165) is 11.1 Å². The van der Waals surface area contributed by atoms with Gasteiger partial charge in [-0.05, 0) is 76.1 Å². The second-order valence-electron chi connectivity index (χ2n) is 7.06. The van der Waals surface area contributed by atoms with Crippen molar-refractivity contribution in [3.63, 3.8) is 0 Å². The third-order valence-electron chi connectivity index (χ3n) is 4.46. The lowest BCUT2D eigenvalue weighted by atomic mass is 10.2. The van der Waals surface area contributed by atoms with Crippen molar-refractivity contribution >= 4 is 62.8 Å². The van der Waals surface area contributed by atoms with Gasteiger partial charge in [0, 0.05) is 34.1 Å². The van der Waals surface area contributed by atoms with E-state index in [1.165, 1.54) is 30.5 Å². The van der Waals surface area contributed by atoms with Gasteiger partial charge in [0.15, 0.2) is 0 Å². The summed E-state index contributed by atoms with van der Waals surface area (Å²) in [6.45, 7) is 0.271.